The molecule has 1 fully saturated rings. The van der Waals surface area contributed by atoms with Gasteiger partial charge in [0.25, 0.3) is 5.56 Å². The summed E-state index contributed by atoms with van der Waals surface area (Å²) >= 11 is 6.22. The van der Waals surface area contributed by atoms with Gasteiger partial charge >= 0.3 is 0 Å². The van der Waals surface area contributed by atoms with Crippen molar-refractivity contribution in [2.45, 2.75) is 52.1 Å². The van der Waals surface area contributed by atoms with Gasteiger partial charge in [-0.15, -0.1) is 0 Å². The number of benzene rings is 2. The fourth-order valence-corrected chi connectivity index (χ4v) is 4.82. The van der Waals surface area contributed by atoms with Gasteiger partial charge in [-0.05, 0) is 87.5 Å². The first kappa shape index (κ1) is 25.3. The molecule has 0 spiro atoms. The van der Waals surface area contributed by atoms with Crippen molar-refractivity contribution >= 4 is 28.3 Å². The monoisotopic (exact) mass is 495 g/mol. The van der Waals surface area contributed by atoms with Crippen molar-refractivity contribution in [2.24, 2.45) is 0 Å². The minimum atomic E-state index is -0.227. The van der Waals surface area contributed by atoms with E-state index in [1.807, 2.05) is 44.2 Å². The standard InChI is InChI=1S/C28H34ClN3O3/c1-20(2)30-27(33)19-32-26(22-8-6-9-23(29)16-22)17-21-10-11-24(18-25(21)28(32)34)35-15-7-14-31-12-4-3-5-13-31/h6,8-11,16-18,20H,3-5,7,12-15,19H2,1-2H3,(H,30,33). The summed E-state index contributed by atoms with van der Waals surface area (Å²) in [6.45, 7) is 7.71. The molecule has 3 aromatic rings. The number of aromatic nitrogens is 1. The summed E-state index contributed by atoms with van der Waals surface area (Å²) in [6.07, 6.45) is 4.85. The third-order valence-corrected chi connectivity index (χ3v) is 6.53. The maximum atomic E-state index is 13.6. The zero-order valence-corrected chi connectivity index (χ0v) is 21.3. The largest absolute Gasteiger partial charge is 0.494 e. The summed E-state index contributed by atoms with van der Waals surface area (Å²) in [5.74, 6) is 0.455. The van der Waals surface area contributed by atoms with Gasteiger partial charge in [0.15, 0.2) is 0 Å². The predicted octanol–water partition coefficient (Wildman–Crippen LogP) is 5.10. The highest BCUT2D eigenvalue weighted by atomic mass is 35.5. The Balaban J connectivity index is 1.60. The summed E-state index contributed by atoms with van der Waals surface area (Å²) in [7, 11) is 0. The van der Waals surface area contributed by atoms with E-state index < -0.39 is 0 Å². The maximum Gasteiger partial charge on any atom is 0.259 e. The number of carbonyl (C=O) groups is 1. The van der Waals surface area contributed by atoms with Crippen molar-refractivity contribution in [1.29, 1.82) is 0 Å². The highest BCUT2D eigenvalue weighted by Crippen LogP contribution is 2.27. The predicted molar refractivity (Wildman–Crippen MR) is 142 cm³/mol. The molecule has 1 aliphatic rings. The smallest absolute Gasteiger partial charge is 0.259 e. The van der Waals surface area contributed by atoms with E-state index in [0.29, 0.717) is 28.5 Å². The SMILES string of the molecule is CC(C)NC(=O)Cn1c(-c2cccc(Cl)c2)cc2ccc(OCCCN3CCCCC3)cc2c1=O. The van der Waals surface area contributed by atoms with Gasteiger partial charge in [0.2, 0.25) is 5.91 Å². The number of hydrogen-bond donors (Lipinski definition) is 1. The number of likely N-dealkylation sites (tertiary alicyclic amines) is 1. The number of amides is 1. The number of nitrogens with zero attached hydrogens (tertiary/aromatic N) is 2. The molecule has 2 aromatic carbocycles. The zero-order chi connectivity index (χ0) is 24.8. The van der Waals surface area contributed by atoms with E-state index in [0.717, 1.165) is 23.9 Å². The highest BCUT2D eigenvalue weighted by Gasteiger charge is 2.16. The van der Waals surface area contributed by atoms with Gasteiger partial charge < -0.3 is 15.0 Å². The van der Waals surface area contributed by atoms with E-state index in [4.69, 9.17) is 16.3 Å². The van der Waals surface area contributed by atoms with Crippen molar-refractivity contribution in [1.82, 2.24) is 14.8 Å². The number of nitrogens with one attached hydrogen (secondary N) is 1. The molecule has 0 bridgehead atoms. The van der Waals surface area contributed by atoms with E-state index in [1.54, 1.807) is 18.2 Å². The molecule has 35 heavy (non-hydrogen) atoms. The molecule has 1 aromatic heterocycles. The fourth-order valence-electron chi connectivity index (χ4n) is 4.63. The molecular formula is C28H34ClN3O3. The van der Waals surface area contributed by atoms with E-state index in [2.05, 4.69) is 10.2 Å². The van der Waals surface area contributed by atoms with Crippen LogP contribution in [0.5, 0.6) is 5.75 Å². The van der Waals surface area contributed by atoms with Crippen molar-refractivity contribution in [3.63, 3.8) is 0 Å². The Labute approximate surface area is 211 Å². The van der Waals surface area contributed by atoms with Crippen molar-refractivity contribution in [2.75, 3.05) is 26.2 Å². The van der Waals surface area contributed by atoms with Crippen LogP contribution >= 0.6 is 11.6 Å². The van der Waals surface area contributed by atoms with Crippen LogP contribution in [0.4, 0.5) is 0 Å². The molecule has 6 nitrogen and oxygen atoms in total. The second kappa shape index (κ2) is 11.7. The van der Waals surface area contributed by atoms with E-state index in [9.17, 15) is 9.59 Å². The van der Waals surface area contributed by atoms with E-state index in [1.165, 1.54) is 36.9 Å². The number of pyridine rings is 1. The minimum absolute atomic E-state index is 0.0155. The molecule has 1 saturated heterocycles. The molecular weight excluding hydrogens is 462 g/mol. The van der Waals surface area contributed by atoms with Crippen LogP contribution in [-0.2, 0) is 11.3 Å². The molecule has 0 atom stereocenters. The van der Waals surface area contributed by atoms with Gasteiger partial charge in [0.1, 0.15) is 12.3 Å². The molecule has 1 amide bonds. The first-order chi connectivity index (χ1) is 16.9. The number of piperidine rings is 1. The van der Waals surface area contributed by atoms with Crippen molar-refractivity contribution < 1.29 is 9.53 Å². The van der Waals surface area contributed by atoms with Gasteiger partial charge in [-0.3, -0.25) is 14.2 Å². The maximum absolute atomic E-state index is 13.6. The average molecular weight is 496 g/mol. The van der Waals surface area contributed by atoms with Crippen LogP contribution in [0.2, 0.25) is 5.02 Å². The van der Waals surface area contributed by atoms with Gasteiger partial charge in [-0.25, -0.2) is 0 Å². The Morgan fingerprint density at radius 2 is 1.89 bits per heavy atom. The molecule has 4 rings (SSSR count). The van der Waals surface area contributed by atoms with Crippen LogP contribution in [-0.4, -0.2) is 47.7 Å². The second-order valence-corrected chi connectivity index (χ2v) is 9.94. The van der Waals surface area contributed by atoms with Crippen molar-refractivity contribution in [3.8, 4) is 17.0 Å². The van der Waals surface area contributed by atoms with Gasteiger partial charge in [-0.1, -0.05) is 36.2 Å². The third-order valence-electron chi connectivity index (χ3n) is 6.29. The minimum Gasteiger partial charge on any atom is -0.494 e. The molecule has 7 heteroatoms. The Bertz CT molecular complexity index is 1230. The summed E-state index contributed by atoms with van der Waals surface area (Å²) in [6, 6.07) is 14.8. The van der Waals surface area contributed by atoms with Gasteiger partial charge in [0.05, 0.1) is 17.7 Å². The lowest BCUT2D eigenvalue weighted by atomic mass is 10.1. The topological polar surface area (TPSA) is 63.6 Å². The Kier molecular flexibility index (Phi) is 8.47. The summed E-state index contributed by atoms with van der Waals surface area (Å²) in [5, 5.41) is 4.77. The molecule has 1 N–H and O–H groups in total. The quantitative estimate of drug-likeness (QED) is 0.419. The molecule has 186 valence electrons. The number of hydrogen-bond acceptors (Lipinski definition) is 4. The summed E-state index contributed by atoms with van der Waals surface area (Å²) in [5.41, 5.74) is 1.21. The van der Waals surface area contributed by atoms with Gasteiger partial charge in [0, 0.05) is 17.6 Å². The van der Waals surface area contributed by atoms with Gasteiger partial charge in [-0.2, -0.15) is 0 Å². The number of halogens is 1. The lowest BCUT2D eigenvalue weighted by Crippen LogP contribution is -2.36. The Morgan fingerprint density at radius 1 is 1.09 bits per heavy atom. The summed E-state index contributed by atoms with van der Waals surface area (Å²) in [4.78, 5) is 28.7. The third kappa shape index (κ3) is 6.65. The number of rotatable bonds is 9. The first-order valence-electron chi connectivity index (χ1n) is 12.5. The second-order valence-electron chi connectivity index (χ2n) is 9.51. The van der Waals surface area contributed by atoms with E-state index in [-0.39, 0.29) is 24.1 Å². The number of ether oxygens (including phenoxy) is 1. The molecule has 2 heterocycles. The fraction of sp³-hybridized carbons (Fsp3) is 0.429. The summed E-state index contributed by atoms with van der Waals surface area (Å²) < 4.78 is 7.51. The number of fused-ring (bicyclic) bond motifs is 1. The molecule has 0 saturated carbocycles. The molecule has 0 aliphatic carbocycles. The molecule has 1 aliphatic heterocycles. The number of carbonyl (C=O) groups excluding carboxylic acids is 1. The van der Waals surface area contributed by atoms with Crippen LogP contribution < -0.4 is 15.6 Å². The average Bonchev–Trinajstić information content (AvgIpc) is 2.84. The Morgan fingerprint density at radius 3 is 2.63 bits per heavy atom. The lowest BCUT2D eigenvalue weighted by Gasteiger charge is -2.26. The lowest BCUT2D eigenvalue weighted by molar-refractivity contribution is -0.122. The highest BCUT2D eigenvalue weighted by molar-refractivity contribution is 6.30. The molecule has 0 unspecified atom stereocenters. The Hall–Kier alpha value is -2.83. The van der Waals surface area contributed by atoms with Crippen LogP contribution in [0.25, 0.3) is 22.0 Å². The zero-order valence-electron chi connectivity index (χ0n) is 20.6. The van der Waals surface area contributed by atoms with Crippen LogP contribution in [0.15, 0.2) is 53.3 Å². The van der Waals surface area contributed by atoms with Crippen molar-refractivity contribution in [3.05, 3.63) is 63.9 Å². The van der Waals surface area contributed by atoms with E-state index >= 15 is 0 Å². The van der Waals surface area contributed by atoms with Crippen LogP contribution in [0.1, 0.15) is 39.5 Å². The normalized spacial score (nSPS) is 14.4. The van der Waals surface area contributed by atoms with Crippen LogP contribution in [0.3, 0.4) is 0 Å². The first-order valence-corrected chi connectivity index (χ1v) is 12.9. The molecule has 0 radical (unpaired) electrons. The van der Waals surface area contributed by atoms with Crippen LogP contribution in [0, 0.1) is 0 Å².